The zero-order chi connectivity index (χ0) is 16.4. The van der Waals surface area contributed by atoms with Crippen molar-refractivity contribution in [3.05, 3.63) is 4.88 Å². The molecule has 0 amide bonds. The average Bonchev–Trinajstić information content (AvgIpc) is 2.71. The third-order valence-electron chi connectivity index (χ3n) is 3.74. The van der Waals surface area contributed by atoms with Gasteiger partial charge in [-0.2, -0.15) is 0 Å². The summed E-state index contributed by atoms with van der Waals surface area (Å²) in [5.74, 6) is 0.0828. The first-order valence-electron chi connectivity index (χ1n) is 7.03. The van der Waals surface area contributed by atoms with Crippen molar-refractivity contribution in [2.75, 3.05) is 37.9 Å². The Hall–Kier alpha value is -0.720. The monoisotopic (exact) mass is 329 g/mol. The highest BCUT2D eigenvalue weighted by Gasteiger charge is 2.25. The SMILES string of the molecule is CSc1c(NCC(C)(C)N(C)C)sc(C(=O)C(C)C)c1N. The van der Waals surface area contributed by atoms with E-state index in [4.69, 9.17) is 5.73 Å². The van der Waals surface area contributed by atoms with Crippen LogP contribution in [-0.2, 0) is 0 Å². The van der Waals surface area contributed by atoms with Crippen molar-refractivity contribution < 1.29 is 4.79 Å². The molecule has 0 aliphatic rings. The number of rotatable bonds is 7. The molecule has 6 heteroatoms. The molecule has 1 heterocycles. The van der Waals surface area contributed by atoms with E-state index in [1.165, 1.54) is 11.3 Å². The number of likely N-dealkylation sites (N-methyl/N-ethyl adjacent to an activating group) is 1. The summed E-state index contributed by atoms with van der Waals surface area (Å²) in [4.78, 5) is 16.1. The maximum absolute atomic E-state index is 12.2. The van der Waals surface area contributed by atoms with Gasteiger partial charge < -0.3 is 16.0 Å². The standard InChI is InChI=1S/C15H27N3OS2/c1-9(2)11(19)12-10(16)13(20-7)14(21-12)17-8-15(3,4)18(5)6/h9,17H,8,16H2,1-7H3. The first-order chi connectivity index (χ1) is 9.61. The summed E-state index contributed by atoms with van der Waals surface area (Å²) in [5, 5.41) is 4.46. The minimum absolute atomic E-state index is 0.0245. The van der Waals surface area contributed by atoms with Crippen molar-refractivity contribution in [1.29, 1.82) is 0 Å². The molecule has 0 aromatic carbocycles. The molecule has 3 N–H and O–H groups in total. The van der Waals surface area contributed by atoms with Crippen LogP contribution in [-0.4, -0.2) is 43.1 Å². The van der Waals surface area contributed by atoms with Gasteiger partial charge in [0.25, 0.3) is 0 Å². The number of nitrogen functional groups attached to an aromatic ring is 1. The fraction of sp³-hybridized carbons (Fsp3) is 0.667. The highest BCUT2D eigenvalue weighted by atomic mass is 32.2. The maximum atomic E-state index is 12.2. The Bertz CT molecular complexity index is 507. The van der Waals surface area contributed by atoms with Gasteiger partial charge in [-0.1, -0.05) is 13.8 Å². The van der Waals surface area contributed by atoms with Gasteiger partial charge in [0.2, 0.25) is 0 Å². The van der Waals surface area contributed by atoms with Crippen molar-refractivity contribution in [2.24, 2.45) is 5.92 Å². The lowest BCUT2D eigenvalue weighted by Crippen LogP contribution is -2.44. The molecule has 1 aromatic rings. The van der Waals surface area contributed by atoms with Gasteiger partial charge in [0.05, 0.1) is 15.5 Å². The average molecular weight is 330 g/mol. The largest absolute Gasteiger partial charge is 0.396 e. The van der Waals surface area contributed by atoms with Crippen molar-refractivity contribution in [3.8, 4) is 0 Å². The molecule has 1 aromatic heterocycles. The molecular weight excluding hydrogens is 302 g/mol. The Morgan fingerprint density at radius 2 is 2.00 bits per heavy atom. The van der Waals surface area contributed by atoms with Crippen LogP contribution in [0, 0.1) is 5.92 Å². The third-order valence-corrected chi connectivity index (χ3v) is 5.88. The lowest BCUT2D eigenvalue weighted by molar-refractivity contribution is 0.0944. The van der Waals surface area contributed by atoms with E-state index in [9.17, 15) is 4.79 Å². The summed E-state index contributed by atoms with van der Waals surface area (Å²) in [7, 11) is 4.13. The van der Waals surface area contributed by atoms with Gasteiger partial charge in [-0.25, -0.2) is 0 Å². The highest BCUT2D eigenvalue weighted by molar-refractivity contribution is 7.99. The number of nitrogens with two attached hydrogens (primary N) is 1. The van der Waals surface area contributed by atoms with Crippen molar-refractivity contribution in [3.63, 3.8) is 0 Å². The number of thioether (sulfide) groups is 1. The number of thiophene rings is 1. The molecule has 0 fully saturated rings. The van der Waals surface area contributed by atoms with Crippen LogP contribution in [0.4, 0.5) is 10.7 Å². The molecule has 120 valence electrons. The van der Waals surface area contributed by atoms with E-state index >= 15 is 0 Å². The first-order valence-corrected chi connectivity index (χ1v) is 9.07. The summed E-state index contributed by atoms with van der Waals surface area (Å²) in [6.45, 7) is 8.96. The zero-order valence-electron chi connectivity index (χ0n) is 14.0. The second-order valence-electron chi connectivity index (χ2n) is 6.29. The van der Waals surface area contributed by atoms with E-state index in [0.29, 0.717) is 10.6 Å². The molecule has 0 spiro atoms. The van der Waals surface area contributed by atoms with Gasteiger partial charge >= 0.3 is 0 Å². The molecule has 0 saturated heterocycles. The Labute approximate surface area is 136 Å². The summed E-state index contributed by atoms with van der Waals surface area (Å²) in [6, 6.07) is 0. The number of nitrogens with zero attached hydrogens (tertiary/aromatic N) is 1. The van der Waals surface area contributed by atoms with Gasteiger partial charge in [-0.3, -0.25) is 4.79 Å². The van der Waals surface area contributed by atoms with E-state index in [-0.39, 0.29) is 17.2 Å². The Morgan fingerprint density at radius 1 is 1.43 bits per heavy atom. The normalized spacial score (nSPS) is 12.2. The predicted octanol–water partition coefficient (Wildman–Crippen LogP) is 3.64. The highest BCUT2D eigenvalue weighted by Crippen LogP contribution is 2.42. The van der Waals surface area contributed by atoms with Crippen LogP contribution in [0.15, 0.2) is 4.90 Å². The van der Waals surface area contributed by atoms with Crippen LogP contribution < -0.4 is 11.1 Å². The second kappa shape index (κ2) is 7.03. The van der Waals surface area contributed by atoms with Crippen molar-refractivity contribution >= 4 is 39.6 Å². The van der Waals surface area contributed by atoms with Crippen LogP contribution in [0.5, 0.6) is 0 Å². The number of carbonyl (C=O) groups is 1. The number of nitrogens with one attached hydrogen (secondary N) is 1. The maximum Gasteiger partial charge on any atom is 0.177 e. The van der Waals surface area contributed by atoms with E-state index in [1.54, 1.807) is 11.8 Å². The smallest absolute Gasteiger partial charge is 0.177 e. The molecular formula is C15H27N3OS2. The van der Waals surface area contributed by atoms with Gasteiger partial charge in [-0.05, 0) is 34.2 Å². The van der Waals surface area contributed by atoms with E-state index in [1.807, 2.05) is 20.1 Å². The zero-order valence-corrected chi connectivity index (χ0v) is 15.7. The number of anilines is 2. The number of hydrogen-bond donors (Lipinski definition) is 2. The molecule has 0 radical (unpaired) electrons. The summed E-state index contributed by atoms with van der Waals surface area (Å²) in [6.07, 6.45) is 1.99. The molecule has 0 unspecified atom stereocenters. The van der Waals surface area contributed by atoms with Crippen molar-refractivity contribution in [2.45, 2.75) is 38.1 Å². The molecule has 0 aliphatic heterocycles. The van der Waals surface area contributed by atoms with Gasteiger partial charge in [0.15, 0.2) is 5.78 Å². The summed E-state index contributed by atoms with van der Waals surface area (Å²) in [5.41, 5.74) is 6.82. The molecule has 4 nitrogen and oxygen atoms in total. The minimum atomic E-state index is -0.0354. The van der Waals surface area contributed by atoms with Crippen LogP contribution in [0.25, 0.3) is 0 Å². The predicted molar refractivity (Wildman–Crippen MR) is 95.9 cm³/mol. The fourth-order valence-electron chi connectivity index (χ4n) is 1.65. The molecule has 1 rings (SSSR count). The van der Waals surface area contributed by atoms with Crippen molar-refractivity contribution in [1.82, 2.24) is 4.90 Å². The second-order valence-corrected chi connectivity index (χ2v) is 8.12. The Kier molecular flexibility index (Phi) is 6.13. The summed E-state index contributed by atoms with van der Waals surface area (Å²) < 4.78 is 0. The molecule has 0 aliphatic carbocycles. The number of ketones is 1. The third kappa shape index (κ3) is 4.14. The van der Waals surface area contributed by atoms with Crippen LogP contribution in [0.2, 0.25) is 0 Å². The van der Waals surface area contributed by atoms with Crippen LogP contribution in [0.3, 0.4) is 0 Å². The van der Waals surface area contributed by atoms with E-state index in [2.05, 4.69) is 38.2 Å². The van der Waals surface area contributed by atoms with E-state index < -0.39 is 0 Å². The van der Waals surface area contributed by atoms with Gasteiger partial charge in [0.1, 0.15) is 5.00 Å². The lowest BCUT2D eigenvalue weighted by Gasteiger charge is -2.32. The van der Waals surface area contributed by atoms with Crippen LogP contribution >= 0.6 is 23.1 Å². The fourth-order valence-corrected chi connectivity index (χ4v) is 3.77. The number of Topliss-reactive ketones (excluding diaryl/α,β-unsaturated/α-hetero) is 1. The summed E-state index contributed by atoms with van der Waals surface area (Å²) >= 11 is 3.06. The van der Waals surface area contributed by atoms with Gasteiger partial charge in [-0.15, -0.1) is 23.1 Å². The lowest BCUT2D eigenvalue weighted by atomic mass is 10.0. The number of carbonyl (C=O) groups excluding carboxylic acids is 1. The van der Waals surface area contributed by atoms with E-state index in [0.717, 1.165) is 16.4 Å². The molecule has 0 bridgehead atoms. The van der Waals surface area contributed by atoms with Crippen LogP contribution in [0.1, 0.15) is 37.4 Å². The number of hydrogen-bond acceptors (Lipinski definition) is 6. The quantitative estimate of drug-likeness (QED) is 0.591. The minimum Gasteiger partial charge on any atom is -0.396 e. The Morgan fingerprint density at radius 3 is 2.43 bits per heavy atom. The molecule has 0 atom stereocenters. The first kappa shape index (κ1) is 18.3. The molecule has 21 heavy (non-hydrogen) atoms. The molecule has 0 saturated carbocycles. The Balaban J connectivity index is 3.03. The van der Waals surface area contributed by atoms with Gasteiger partial charge in [0, 0.05) is 18.0 Å². The topological polar surface area (TPSA) is 58.4 Å².